The molecule has 0 fully saturated rings. The summed E-state index contributed by atoms with van der Waals surface area (Å²) in [7, 11) is 0. The van der Waals surface area contributed by atoms with E-state index in [0.29, 0.717) is 0 Å². The standard InChI is InChI=1S/C13H18O3/c1-10(2)16-13(14)9-15-11(3)12-7-5-4-6-8-12/h4-8,10-11H,9H2,1-3H3. The van der Waals surface area contributed by atoms with Gasteiger partial charge in [0, 0.05) is 0 Å². The van der Waals surface area contributed by atoms with Crippen molar-refractivity contribution in [2.45, 2.75) is 33.0 Å². The lowest BCUT2D eigenvalue weighted by molar-refractivity contribution is -0.154. The Morgan fingerprint density at radius 1 is 1.19 bits per heavy atom. The third kappa shape index (κ3) is 4.45. The minimum atomic E-state index is -0.321. The van der Waals surface area contributed by atoms with Gasteiger partial charge in [-0.3, -0.25) is 0 Å². The Bertz CT molecular complexity index is 319. The Balaban J connectivity index is 2.36. The highest BCUT2D eigenvalue weighted by atomic mass is 16.6. The number of carbonyl (C=O) groups is 1. The van der Waals surface area contributed by atoms with Crippen molar-refractivity contribution in [2.75, 3.05) is 6.61 Å². The average molecular weight is 222 g/mol. The van der Waals surface area contributed by atoms with E-state index in [1.807, 2.05) is 51.1 Å². The molecule has 0 bridgehead atoms. The van der Waals surface area contributed by atoms with Crippen LogP contribution in [-0.2, 0) is 14.3 Å². The number of hydrogen-bond donors (Lipinski definition) is 0. The molecule has 1 rings (SSSR count). The maximum Gasteiger partial charge on any atom is 0.332 e. The molecular weight excluding hydrogens is 204 g/mol. The molecule has 1 aromatic rings. The molecule has 0 aliphatic carbocycles. The number of hydrogen-bond acceptors (Lipinski definition) is 3. The van der Waals surface area contributed by atoms with Crippen LogP contribution in [0.5, 0.6) is 0 Å². The Morgan fingerprint density at radius 2 is 1.81 bits per heavy atom. The van der Waals surface area contributed by atoms with Crippen LogP contribution in [-0.4, -0.2) is 18.7 Å². The SMILES string of the molecule is CC(C)OC(=O)COC(C)c1ccccc1. The third-order valence-corrected chi connectivity index (χ3v) is 2.09. The van der Waals surface area contributed by atoms with E-state index in [1.54, 1.807) is 0 Å². The van der Waals surface area contributed by atoms with Crippen LogP contribution in [0, 0.1) is 0 Å². The number of benzene rings is 1. The molecule has 0 saturated heterocycles. The van der Waals surface area contributed by atoms with E-state index in [-0.39, 0.29) is 24.8 Å². The van der Waals surface area contributed by atoms with Crippen molar-refractivity contribution in [2.24, 2.45) is 0 Å². The van der Waals surface area contributed by atoms with Crippen LogP contribution >= 0.6 is 0 Å². The molecule has 0 saturated carbocycles. The first-order valence-electron chi connectivity index (χ1n) is 5.45. The smallest absolute Gasteiger partial charge is 0.332 e. The van der Waals surface area contributed by atoms with Crippen molar-refractivity contribution < 1.29 is 14.3 Å². The molecular formula is C13H18O3. The molecule has 88 valence electrons. The van der Waals surface area contributed by atoms with Crippen molar-refractivity contribution in [3.05, 3.63) is 35.9 Å². The normalized spacial score (nSPS) is 12.5. The largest absolute Gasteiger partial charge is 0.461 e. The minimum Gasteiger partial charge on any atom is -0.461 e. The molecule has 16 heavy (non-hydrogen) atoms. The van der Waals surface area contributed by atoms with E-state index in [4.69, 9.17) is 9.47 Å². The third-order valence-electron chi connectivity index (χ3n) is 2.09. The number of carbonyl (C=O) groups excluding carboxylic acids is 1. The van der Waals surface area contributed by atoms with Crippen molar-refractivity contribution in [1.29, 1.82) is 0 Å². The summed E-state index contributed by atoms with van der Waals surface area (Å²) < 4.78 is 10.4. The Kier molecular flexibility index (Phi) is 4.99. The zero-order valence-corrected chi connectivity index (χ0v) is 9.97. The molecule has 0 aliphatic rings. The van der Waals surface area contributed by atoms with Crippen molar-refractivity contribution in [1.82, 2.24) is 0 Å². The van der Waals surface area contributed by atoms with E-state index < -0.39 is 0 Å². The van der Waals surface area contributed by atoms with Gasteiger partial charge in [0.1, 0.15) is 6.61 Å². The highest BCUT2D eigenvalue weighted by molar-refractivity contribution is 5.70. The quantitative estimate of drug-likeness (QED) is 0.718. The summed E-state index contributed by atoms with van der Waals surface area (Å²) in [5.41, 5.74) is 1.06. The topological polar surface area (TPSA) is 35.5 Å². The second kappa shape index (κ2) is 6.28. The summed E-state index contributed by atoms with van der Waals surface area (Å²) in [6, 6.07) is 9.78. The van der Waals surface area contributed by atoms with E-state index in [9.17, 15) is 4.79 Å². The van der Waals surface area contributed by atoms with Gasteiger partial charge in [0.25, 0.3) is 0 Å². The first kappa shape index (κ1) is 12.7. The molecule has 0 spiro atoms. The predicted octanol–water partition coefficient (Wildman–Crippen LogP) is 2.72. The molecule has 0 heterocycles. The molecule has 0 aliphatic heterocycles. The lowest BCUT2D eigenvalue weighted by atomic mass is 10.1. The molecule has 1 unspecified atom stereocenters. The highest BCUT2D eigenvalue weighted by Crippen LogP contribution is 2.15. The minimum absolute atomic E-state index is 0.00571. The second-order valence-electron chi connectivity index (χ2n) is 3.90. The van der Waals surface area contributed by atoms with E-state index in [2.05, 4.69) is 0 Å². The lowest BCUT2D eigenvalue weighted by Crippen LogP contribution is -2.18. The van der Waals surface area contributed by atoms with Crippen LogP contribution in [0.4, 0.5) is 0 Å². The van der Waals surface area contributed by atoms with Crippen LogP contribution < -0.4 is 0 Å². The zero-order chi connectivity index (χ0) is 12.0. The number of rotatable bonds is 5. The van der Waals surface area contributed by atoms with Crippen molar-refractivity contribution in [3.63, 3.8) is 0 Å². The summed E-state index contributed by atoms with van der Waals surface area (Å²) >= 11 is 0. The fraction of sp³-hybridized carbons (Fsp3) is 0.462. The first-order valence-corrected chi connectivity index (χ1v) is 5.45. The van der Waals surface area contributed by atoms with Gasteiger partial charge in [-0.25, -0.2) is 4.79 Å². The van der Waals surface area contributed by atoms with Crippen molar-refractivity contribution >= 4 is 5.97 Å². The summed E-state index contributed by atoms with van der Waals surface area (Å²) in [6.45, 7) is 5.54. The molecule has 1 aromatic carbocycles. The van der Waals surface area contributed by atoms with Gasteiger partial charge in [-0.15, -0.1) is 0 Å². The molecule has 0 radical (unpaired) electrons. The van der Waals surface area contributed by atoms with Crippen LogP contribution in [0.3, 0.4) is 0 Å². The maximum absolute atomic E-state index is 11.2. The molecule has 3 nitrogen and oxygen atoms in total. The zero-order valence-electron chi connectivity index (χ0n) is 9.97. The molecule has 0 aromatic heterocycles. The molecule has 0 amide bonds. The Morgan fingerprint density at radius 3 is 2.38 bits per heavy atom. The predicted molar refractivity (Wildman–Crippen MR) is 62.0 cm³/mol. The van der Waals surface area contributed by atoms with Gasteiger partial charge in [0.2, 0.25) is 0 Å². The second-order valence-corrected chi connectivity index (χ2v) is 3.90. The van der Waals surface area contributed by atoms with E-state index >= 15 is 0 Å². The van der Waals surface area contributed by atoms with Gasteiger partial charge in [-0.1, -0.05) is 30.3 Å². The summed E-state index contributed by atoms with van der Waals surface area (Å²) in [6.07, 6.45) is -0.191. The van der Waals surface area contributed by atoms with Gasteiger partial charge >= 0.3 is 5.97 Å². The Hall–Kier alpha value is -1.35. The van der Waals surface area contributed by atoms with E-state index in [0.717, 1.165) is 5.56 Å². The van der Waals surface area contributed by atoms with Gasteiger partial charge in [0.05, 0.1) is 12.2 Å². The Labute approximate surface area is 96.4 Å². The van der Waals surface area contributed by atoms with Crippen LogP contribution in [0.15, 0.2) is 30.3 Å². The van der Waals surface area contributed by atoms with Crippen molar-refractivity contribution in [3.8, 4) is 0 Å². The average Bonchev–Trinajstić information content (AvgIpc) is 2.26. The first-order chi connectivity index (χ1) is 7.59. The van der Waals surface area contributed by atoms with Gasteiger partial charge in [-0.05, 0) is 26.3 Å². The van der Waals surface area contributed by atoms with Gasteiger partial charge < -0.3 is 9.47 Å². The van der Waals surface area contributed by atoms with Gasteiger partial charge in [0.15, 0.2) is 0 Å². The molecule has 1 atom stereocenters. The fourth-order valence-corrected chi connectivity index (χ4v) is 1.31. The number of ether oxygens (including phenoxy) is 2. The van der Waals surface area contributed by atoms with Crippen LogP contribution in [0.1, 0.15) is 32.4 Å². The maximum atomic E-state index is 11.2. The highest BCUT2D eigenvalue weighted by Gasteiger charge is 2.10. The van der Waals surface area contributed by atoms with E-state index in [1.165, 1.54) is 0 Å². The lowest BCUT2D eigenvalue weighted by Gasteiger charge is -2.13. The summed E-state index contributed by atoms with van der Waals surface area (Å²) in [5, 5.41) is 0. The van der Waals surface area contributed by atoms with Crippen LogP contribution in [0.25, 0.3) is 0 Å². The van der Waals surface area contributed by atoms with Crippen LogP contribution in [0.2, 0.25) is 0 Å². The summed E-state index contributed by atoms with van der Waals surface area (Å²) in [4.78, 5) is 11.2. The fourth-order valence-electron chi connectivity index (χ4n) is 1.31. The number of esters is 1. The monoisotopic (exact) mass is 222 g/mol. The summed E-state index contributed by atoms with van der Waals surface area (Å²) in [5.74, 6) is -0.321. The van der Waals surface area contributed by atoms with Gasteiger partial charge in [-0.2, -0.15) is 0 Å². The molecule has 0 N–H and O–H groups in total. The molecule has 3 heteroatoms.